The standard InChI is InChI=1S/C12H16N4O2S/c13-12(19)14-9-4-5-10(11(8-9)16(17)18)15-6-2-1-3-7-15/h4-5,8H,1-3,6-7H2,(H3,13,14,19). The number of benzene rings is 1. The zero-order chi connectivity index (χ0) is 13.8. The Balaban J connectivity index is 2.31. The number of nitro benzene ring substituents is 1. The van der Waals surface area contributed by atoms with Gasteiger partial charge >= 0.3 is 0 Å². The zero-order valence-electron chi connectivity index (χ0n) is 10.5. The van der Waals surface area contributed by atoms with Gasteiger partial charge in [-0.05, 0) is 43.6 Å². The molecule has 1 aromatic carbocycles. The highest BCUT2D eigenvalue weighted by molar-refractivity contribution is 7.80. The number of hydrogen-bond donors (Lipinski definition) is 2. The Labute approximate surface area is 116 Å². The van der Waals surface area contributed by atoms with Gasteiger partial charge in [0.05, 0.1) is 4.92 Å². The molecule has 102 valence electrons. The highest BCUT2D eigenvalue weighted by Crippen LogP contribution is 2.32. The topological polar surface area (TPSA) is 84.4 Å². The van der Waals surface area contributed by atoms with Crippen LogP contribution in [-0.4, -0.2) is 23.1 Å². The van der Waals surface area contributed by atoms with Crippen LogP contribution in [0, 0.1) is 10.1 Å². The Morgan fingerprint density at radius 3 is 2.63 bits per heavy atom. The summed E-state index contributed by atoms with van der Waals surface area (Å²) in [5, 5.41) is 14.0. The van der Waals surface area contributed by atoms with Gasteiger partial charge in [0.1, 0.15) is 5.69 Å². The van der Waals surface area contributed by atoms with Crippen LogP contribution in [0.2, 0.25) is 0 Å². The number of nitrogens with one attached hydrogen (secondary N) is 1. The molecule has 0 saturated carbocycles. The summed E-state index contributed by atoms with van der Waals surface area (Å²) < 4.78 is 0. The average Bonchev–Trinajstić information content (AvgIpc) is 2.39. The maximum absolute atomic E-state index is 11.2. The number of nitrogens with two attached hydrogens (primary N) is 1. The first kappa shape index (κ1) is 13.5. The summed E-state index contributed by atoms with van der Waals surface area (Å²) in [6.45, 7) is 1.73. The van der Waals surface area contributed by atoms with E-state index in [0.717, 1.165) is 25.9 Å². The monoisotopic (exact) mass is 280 g/mol. The van der Waals surface area contributed by atoms with Crippen molar-refractivity contribution in [2.24, 2.45) is 5.73 Å². The fraction of sp³-hybridized carbons (Fsp3) is 0.417. The van der Waals surface area contributed by atoms with E-state index in [1.165, 1.54) is 12.5 Å². The maximum atomic E-state index is 11.2. The van der Waals surface area contributed by atoms with Gasteiger partial charge < -0.3 is 16.0 Å². The molecule has 1 aromatic rings. The fourth-order valence-electron chi connectivity index (χ4n) is 2.29. The molecular weight excluding hydrogens is 264 g/mol. The van der Waals surface area contributed by atoms with E-state index in [2.05, 4.69) is 10.2 Å². The smallest absolute Gasteiger partial charge is 0.294 e. The highest BCUT2D eigenvalue weighted by Gasteiger charge is 2.21. The van der Waals surface area contributed by atoms with Crippen molar-refractivity contribution in [3.8, 4) is 0 Å². The summed E-state index contributed by atoms with van der Waals surface area (Å²) in [4.78, 5) is 12.9. The van der Waals surface area contributed by atoms with Crippen LogP contribution >= 0.6 is 12.2 Å². The van der Waals surface area contributed by atoms with Crippen LogP contribution in [0.25, 0.3) is 0 Å². The van der Waals surface area contributed by atoms with E-state index in [1.807, 2.05) is 0 Å². The summed E-state index contributed by atoms with van der Waals surface area (Å²) >= 11 is 4.73. The van der Waals surface area contributed by atoms with Crippen LogP contribution in [-0.2, 0) is 0 Å². The number of hydrogen-bond acceptors (Lipinski definition) is 4. The van der Waals surface area contributed by atoms with Crippen LogP contribution in [0.1, 0.15) is 19.3 Å². The summed E-state index contributed by atoms with van der Waals surface area (Å²) in [5.74, 6) is 0. The largest absolute Gasteiger partial charge is 0.376 e. The molecule has 0 amide bonds. The molecule has 1 heterocycles. The van der Waals surface area contributed by atoms with Crippen molar-refractivity contribution in [1.29, 1.82) is 0 Å². The van der Waals surface area contributed by atoms with Gasteiger partial charge in [-0.25, -0.2) is 0 Å². The van der Waals surface area contributed by atoms with Crippen LogP contribution in [0.5, 0.6) is 0 Å². The third-order valence-electron chi connectivity index (χ3n) is 3.14. The van der Waals surface area contributed by atoms with Crippen LogP contribution in [0.4, 0.5) is 17.1 Å². The lowest BCUT2D eigenvalue weighted by molar-refractivity contribution is -0.384. The van der Waals surface area contributed by atoms with Crippen molar-refractivity contribution in [2.75, 3.05) is 23.3 Å². The molecule has 19 heavy (non-hydrogen) atoms. The molecule has 0 unspecified atom stereocenters. The van der Waals surface area contributed by atoms with Crippen LogP contribution in [0.3, 0.4) is 0 Å². The molecule has 0 aliphatic carbocycles. The van der Waals surface area contributed by atoms with E-state index in [1.54, 1.807) is 12.1 Å². The second kappa shape index (κ2) is 5.83. The van der Waals surface area contributed by atoms with Gasteiger partial charge in [0.25, 0.3) is 5.69 Å². The molecule has 0 radical (unpaired) electrons. The fourth-order valence-corrected chi connectivity index (χ4v) is 2.41. The Hall–Kier alpha value is -1.89. The molecule has 0 spiro atoms. The lowest BCUT2D eigenvalue weighted by Crippen LogP contribution is -2.30. The summed E-state index contributed by atoms with van der Waals surface area (Å²) in [7, 11) is 0. The van der Waals surface area contributed by atoms with Crippen molar-refractivity contribution in [1.82, 2.24) is 0 Å². The number of piperidine rings is 1. The Morgan fingerprint density at radius 1 is 1.37 bits per heavy atom. The van der Waals surface area contributed by atoms with Crippen molar-refractivity contribution in [3.05, 3.63) is 28.3 Å². The molecule has 1 aliphatic rings. The molecule has 0 atom stereocenters. The average molecular weight is 280 g/mol. The normalized spacial score (nSPS) is 15.1. The number of thiocarbonyl (C=S) groups is 1. The minimum atomic E-state index is -0.366. The first-order valence-corrected chi connectivity index (χ1v) is 6.58. The summed E-state index contributed by atoms with van der Waals surface area (Å²) in [6, 6.07) is 4.99. The minimum absolute atomic E-state index is 0.0863. The number of anilines is 2. The predicted molar refractivity (Wildman–Crippen MR) is 79.6 cm³/mol. The molecule has 6 nitrogen and oxygen atoms in total. The molecule has 1 saturated heterocycles. The van der Waals surface area contributed by atoms with E-state index in [-0.39, 0.29) is 15.7 Å². The Kier molecular flexibility index (Phi) is 4.16. The lowest BCUT2D eigenvalue weighted by atomic mass is 10.1. The number of rotatable bonds is 3. The van der Waals surface area contributed by atoms with Gasteiger partial charge in [-0.15, -0.1) is 0 Å². The molecule has 2 rings (SSSR count). The van der Waals surface area contributed by atoms with E-state index in [0.29, 0.717) is 11.4 Å². The van der Waals surface area contributed by atoms with Crippen LogP contribution < -0.4 is 16.0 Å². The van der Waals surface area contributed by atoms with Crippen molar-refractivity contribution in [3.63, 3.8) is 0 Å². The SMILES string of the molecule is NC(=S)Nc1ccc(N2CCCCC2)c([N+](=O)[O-])c1. The maximum Gasteiger partial charge on any atom is 0.294 e. The number of nitro groups is 1. The summed E-state index contributed by atoms with van der Waals surface area (Å²) in [6.07, 6.45) is 3.33. The molecule has 0 bridgehead atoms. The van der Waals surface area contributed by atoms with Gasteiger partial charge in [-0.1, -0.05) is 0 Å². The van der Waals surface area contributed by atoms with E-state index in [4.69, 9.17) is 18.0 Å². The Morgan fingerprint density at radius 2 is 2.05 bits per heavy atom. The van der Waals surface area contributed by atoms with Gasteiger partial charge in [-0.2, -0.15) is 0 Å². The van der Waals surface area contributed by atoms with Gasteiger partial charge in [0, 0.05) is 24.8 Å². The lowest BCUT2D eigenvalue weighted by Gasteiger charge is -2.28. The highest BCUT2D eigenvalue weighted by atomic mass is 32.1. The third kappa shape index (κ3) is 3.31. The minimum Gasteiger partial charge on any atom is -0.376 e. The molecule has 3 N–H and O–H groups in total. The predicted octanol–water partition coefficient (Wildman–Crippen LogP) is 2.24. The molecular formula is C12H16N4O2S. The molecule has 1 aliphatic heterocycles. The van der Waals surface area contributed by atoms with E-state index < -0.39 is 0 Å². The number of nitrogens with zero attached hydrogens (tertiary/aromatic N) is 2. The van der Waals surface area contributed by atoms with Crippen molar-refractivity contribution < 1.29 is 4.92 Å². The van der Waals surface area contributed by atoms with Crippen LogP contribution in [0.15, 0.2) is 18.2 Å². The molecule has 7 heteroatoms. The second-order valence-corrected chi connectivity index (χ2v) is 4.94. The quantitative estimate of drug-likeness (QED) is 0.502. The Bertz CT molecular complexity index is 501. The molecule has 0 aromatic heterocycles. The molecule has 1 fully saturated rings. The van der Waals surface area contributed by atoms with E-state index >= 15 is 0 Å². The van der Waals surface area contributed by atoms with Gasteiger partial charge in [-0.3, -0.25) is 10.1 Å². The first-order chi connectivity index (χ1) is 9.08. The van der Waals surface area contributed by atoms with Crippen molar-refractivity contribution >= 4 is 34.4 Å². The first-order valence-electron chi connectivity index (χ1n) is 6.18. The summed E-state index contributed by atoms with van der Waals surface area (Å²) in [5.41, 5.74) is 6.66. The van der Waals surface area contributed by atoms with Crippen molar-refractivity contribution in [2.45, 2.75) is 19.3 Å². The van der Waals surface area contributed by atoms with E-state index in [9.17, 15) is 10.1 Å². The second-order valence-electron chi connectivity index (χ2n) is 4.50. The van der Waals surface area contributed by atoms with Gasteiger partial charge in [0.15, 0.2) is 5.11 Å². The zero-order valence-corrected chi connectivity index (χ0v) is 11.3. The third-order valence-corrected chi connectivity index (χ3v) is 3.24. The van der Waals surface area contributed by atoms with Gasteiger partial charge in [0.2, 0.25) is 0 Å².